The van der Waals surface area contributed by atoms with Gasteiger partial charge in [-0.3, -0.25) is 19.7 Å². The highest BCUT2D eigenvalue weighted by molar-refractivity contribution is 5.93. The molecule has 0 aliphatic rings. The van der Waals surface area contributed by atoms with Crippen molar-refractivity contribution in [2.24, 2.45) is 7.05 Å². The van der Waals surface area contributed by atoms with Crippen molar-refractivity contribution in [3.05, 3.63) is 60.4 Å². The number of pyridine rings is 1. The van der Waals surface area contributed by atoms with Crippen LogP contribution in [0.25, 0.3) is 33.2 Å². The normalized spacial score (nSPS) is 12.5. The molecule has 4 heterocycles. The highest BCUT2D eigenvalue weighted by atomic mass is 16.5. The SMILES string of the molecule is CC(Oc1ccc2[nH]nc(-c3cnn(C)c3)c2c1)c1nc(CO)cc2nccnc12. The minimum atomic E-state index is -0.401. The van der Waals surface area contributed by atoms with Gasteiger partial charge in [-0.25, -0.2) is 4.98 Å². The molecule has 0 fully saturated rings. The summed E-state index contributed by atoms with van der Waals surface area (Å²) in [7, 11) is 1.87. The molecule has 0 aliphatic heterocycles. The third-order valence-corrected chi connectivity index (χ3v) is 4.91. The van der Waals surface area contributed by atoms with Crippen LogP contribution in [0.3, 0.4) is 0 Å². The first-order valence-electron chi connectivity index (χ1n) is 9.47. The summed E-state index contributed by atoms with van der Waals surface area (Å²) in [4.78, 5) is 13.3. The minimum absolute atomic E-state index is 0.179. The lowest BCUT2D eigenvalue weighted by Crippen LogP contribution is -2.09. The van der Waals surface area contributed by atoms with E-state index in [4.69, 9.17) is 4.74 Å². The van der Waals surface area contributed by atoms with E-state index >= 15 is 0 Å². The van der Waals surface area contributed by atoms with Crippen molar-refractivity contribution in [2.75, 3.05) is 0 Å². The van der Waals surface area contributed by atoms with Gasteiger partial charge >= 0.3 is 0 Å². The molecule has 150 valence electrons. The summed E-state index contributed by atoms with van der Waals surface area (Å²) < 4.78 is 7.95. The van der Waals surface area contributed by atoms with Crippen LogP contribution in [0.2, 0.25) is 0 Å². The van der Waals surface area contributed by atoms with Crippen molar-refractivity contribution < 1.29 is 9.84 Å². The lowest BCUT2D eigenvalue weighted by atomic mass is 10.1. The molecule has 1 unspecified atom stereocenters. The van der Waals surface area contributed by atoms with E-state index in [9.17, 15) is 5.11 Å². The van der Waals surface area contributed by atoms with Crippen LogP contribution in [0.4, 0.5) is 0 Å². The average Bonchev–Trinajstić information content (AvgIpc) is 3.38. The molecule has 0 bridgehead atoms. The van der Waals surface area contributed by atoms with Gasteiger partial charge in [-0.2, -0.15) is 10.2 Å². The molecule has 0 saturated heterocycles. The zero-order valence-corrected chi connectivity index (χ0v) is 16.4. The lowest BCUT2D eigenvalue weighted by Gasteiger charge is -2.16. The van der Waals surface area contributed by atoms with Crippen molar-refractivity contribution in [1.29, 1.82) is 0 Å². The number of aliphatic hydroxyl groups excluding tert-OH is 1. The maximum atomic E-state index is 9.56. The molecule has 1 aromatic carbocycles. The summed E-state index contributed by atoms with van der Waals surface area (Å²) in [5, 5.41) is 22.2. The van der Waals surface area contributed by atoms with Crippen LogP contribution < -0.4 is 4.74 Å². The van der Waals surface area contributed by atoms with Crippen molar-refractivity contribution in [3.8, 4) is 17.0 Å². The predicted molar refractivity (Wildman–Crippen MR) is 111 cm³/mol. The Morgan fingerprint density at radius 3 is 2.87 bits per heavy atom. The Kier molecular flexibility index (Phi) is 4.36. The van der Waals surface area contributed by atoms with Crippen LogP contribution in [0, 0.1) is 0 Å². The van der Waals surface area contributed by atoms with Gasteiger partial charge in [0.2, 0.25) is 0 Å². The number of aromatic amines is 1. The van der Waals surface area contributed by atoms with Gasteiger partial charge in [0, 0.05) is 36.6 Å². The lowest BCUT2D eigenvalue weighted by molar-refractivity contribution is 0.221. The third kappa shape index (κ3) is 3.15. The van der Waals surface area contributed by atoms with Gasteiger partial charge in [-0.05, 0) is 31.2 Å². The molecule has 0 radical (unpaired) electrons. The van der Waals surface area contributed by atoms with E-state index in [2.05, 4.69) is 30.2 Å². The fourth-order valence-corrected chi connectivity index (χ4v) is 3.50. The first-order valence-corrected chi connectivity index (χ1v) is 9.47. The summed E-state index contributed by atoms with van der Waals surface area (Å²) in [6, 6.07) is 7.49. The van der Waals surface area contributed by atoms with Gasteiger partial charge in [0.15, 0.2) is 0 Å². The van der Waals surface area contributed by atoms with Crippen LogP contribution in [-0.4, -0.2) is 40.0 Å². The molecule has 9 heteroatoms. The second kappa shape index (κ2) is 7.20. The minimum Gasteiger partial charge on any atom is -0.484 e. The van der Waals surface area contributed by atoms with Crippen LogP contribution >= 0.6 is 0 Å². The Bertz CT molecular complexity index is 1360. The number of aliphatic hydroxyl groups is 1. The number of fused-ring (bicyclic) bond motifs is 2. The molecular weight excluding hydrogens is 382 g/mol. The number of hydrogen-bond donors (Lipinski definition) is 2. The first-order chi connectivity index (χ1) is 14.6. The topological polar surface area (TPSA) is 115 Å². The van der Waals surface area contributed by atoms with Gasteiger partial charge in [-0.1, -0.05) is 0 Å². The number of aromatic nitrogens is 7. The molecule has 5 aromatic rings. The second-order valence-electron chi connectivity index (χ2n) is 7.02. The van der Waals surface area contributed by atoms with Crippen molar-refractivity contribution in [2.45, 2.75) is 19.6 Å². The zero-order valence-electron chi connectivity index (χ0n) is 16.4. The number of aryl methyl sites for hydroxylation is 1. The molecule has 2 N–H and O–H groups in total. The first kappa shape index (κ1) is 18.2. The Balaban J connectivity index is 1.52. The number of ether oxygens (including phenoxy) is 1. The summed E-state index contributed by atoms with van der Waals surface area (Å²) in [5.74, 6) is 0.676. The summed E-state index contributed by atoms with van der Waals surface area (Å²) in [6.07, 6.45) is 6.53. The molecule has 0 aliphatic carbocycles. The molecule has 5 rings (SSSR count). The zero-order chi connectivity index (χ0) is 20.7. The van der Waals surface area contributed by atoms with E-state index in [1.165, 1.54) is 0 Å². The van der Waals surface area contributed by atoms with Crippen LogP contribution in [0.1, 0.15) is 24.4 Å². The Labute approximate surface area is 171 Å². The molecule has 0 amide bonds. The monoisotopic (exact) mass is 401 g/mol. The van der Waals surface area contributed by atoms with Gasteiger partial charge < -0.3 is 9.84 Å². The quantitative estimate of drug-likeness (QED) is 0.465. The fraction of sp³-hybridized carbons (Fsp3) is 0.190. The van der Waals surface area contributed by atoms with Gasteiger partial charge in [0.1, 0.15) is 28.8 Å². The Hall–Kier alpha value is -3.85. The number of H-pyrrole nitrogens is 1. The Morgan fingerprint density at radius 1 is 1.20 bits per heavy atom. The number of benzene rings is 1. The molecule has 1 atom stereocenters. The molecule has 4 aromatic heterocycles. The summed E-state index contributed by atoms with van der Waals surface area (Å²) >= 11 is 0. The van der Waals surface area contributed by atoms with Crippen LogP contribution in [0.15, 0.2) is 49.1 Å². The maximum absolute atomic E-state index is 9.56. The summed E-state index contributed by atoms with van der Waals surface area (Å²) in [6.45, 7) is 1.72. The van der Waals surface area contributed by atoms with Crippen molar-refractivity contribution in [3.63, 3.8) is 0 Å². The fourth-order valence-electron chi connectivity index (χ4n) is 3.50. The standard InChI is InChI=1S/C21H19N7O2/c1-12(19-21-18(22-5-6-23-21)7-14(11-29)25-19)30-15-3-4-17-16(8-15)20(27-26-17)13-9-24-28(2)10-13/h3-10,12,29H,11H2,1-2H3,(H,26,27). The van der Waals surface area contributed by atoms with E-state index in [1.807, 2.05) is 38.4 Å². The van der Waals surface area contributed by atoms with Crippen molar-refractivity contribution >= 4 is 21.9 Å². The van der Waals surface area contributed by atoms with Crippen LogP contribution in [-0.2, 0) is 13.7 Å². The second-order valence-corrected chi connectivity index (χ2v) is 7.02. The predicted octanol–water partition coefficient (Wildman–Crippen LogP) is 2.93. The molecule has 30 heavy (non-hydrogen) atoms. The third-order valence-electron chi connectivity index (χ3n) is 4.91. The molecule has 9 nitrogen and oxygen atoms in total. The maximum Gasteiger partial charge on any atom is 0.140 e. The largest absolute Gasteiger partial charge is 0.484 e. The van der Waals surface area contributed by atoms with E-state index in [1.54, 1.807) is 29.3 Å². The van der Waals surface area contributed by atoms with Gasteiger partial charge in [0.05, 0.1) is 29.5 Å². The molecule has 0 saturated carbocycles. The summed E-state index contributed by atoms with van der Waals surface area (Å²) in [5.41, 5.74) is 5.13. The smallest absolute Gasteiger partial charge is 0.140 e. The number of nitrogens with zero attached hydrogens (tertiary/aromatic N) is 6. The number of rotatable bonds is 5. The average molecular weight is 401 g/mol. The molecule has 0 spiro atoms. The number of nitrogens with one attached hydrogen (secondary N) is 1. The Morgan fingerprint density at radius 2 is 2.07 bits per heavy atom. The van der Waals surface area contributed by atoms with Crippen molar-refractivity contribution in [1.82, 2.24) is 34.9 Å². The molecular formula is C21H19N7O2. The van der Waals surface area contributed by atoms with Gasteiger partial charge in [-0.15, -0.1) is 0 Å². The van der Waals surface area contributed by atoms with E-state index in [-0.39, 0.29) is 6.61 Å². The highest BCUT2D eigenvalue weighted by Crippen LogP contribution is 2.31. The van der Waals surface area contributed by atoms with E-state index < -0.39 is 6.10 Å². The van der Waals surface area contributed by atoms with E-state index in [0.717, 1.165) is 22.2 Å². The van der Waals surface area contributed by atoms with Gasteiger partial charge in [0.25, 0.3) is 0 Å². The highest BCUT2D eigenvalue weighted by Gasteiger charge is 2.17. The van der Waals surface area contributed by atoms with Crippen LogP contribution in [0.5, 0.6) is 5.75 Å². The number of hydrogen-bond acceptors (Lipinski definition) is 7. The van der Waals surface area contributed by atoms with E-state index in [0.29, 0.717) is 28.2 Å².